The van der Waals surface area contributed by atoms with Crippen LogP contribution < -0.4 is 10.3 Å². The Morgan fingerprint density at radius 1 is 1.21 bits per heavy atom. The number of anilines is 1. The number of hydrogen-bond donors (Lipinski definition) is 2. The van der Waals surface area contributed by atoms with Crippen molar-refractivity contribution >= 4 is 32.6 Å². The second kappa shape index (κ2) is 7.35. The van der Waals surface area contributed by atoms with Gasteiger partial charge in [0.1, 0.15) is 17.9 Å². The monoisotopic (exact) mass is 403 g/mol. The average molecular weight is 403 g/mol. The minimum atomic E-state index is -3.58. The van der Waals surface area contributed by atoms with Crippen LogP contribution in [-0.2, 0) is 21.4 Å². The predicted octanol–water partition coefficient (Wildman–Crippen LogP) is 2.54. The third-order valence-corrected chi connectivity index (χ3v) is 4.61. The van der Waals surface area contributed by atoms with Crippen molar-refractivity contribution in [2.75, 3.05) is 11.0 Å². The summed E-state index contributed by atoms with van der Waals surface area (Å²) in [5.74, 6) is -0.783. The molecule has 0 unspecified atom stereocenters. The molecule has 146 valence electrons. The Morgan fingerprint density at radius 2 is 1.93 bits per heavy atom. The summed E-state index contributed by atoms with van der Waals surface area (Å²) in [6.07, 6.45) is 0.974. The smallest absolute Gasteiger partial charge is 0.340 e. The van der Waals surface area contributed by atoms with E-state index in [9.17, 15) is 23.1 Å². The number of ether oxygens (including phenoxy) is 1. The van der Waals surface area contributed by atoms with E-state index in [0.29, 0.717) is 16.5 Å². The van der Waals surface area contributed by atoms with Crippen molar-refractivity contribution in [1.82, 2.24) is 0 Å². The van der Waals surface area contributed by atoms with Crippen LogP contribution in [0.5, 0.6) is 5.75 Å². The van der Waals surface area contributed by atoms with Crippen molar-refractivity contribution in [3.63, 3.8) is 0 Å². The molecule has 2 aromatic carbocycles. The van der Waals surface area contributed by atoms with Crippen molar-refractivity contribution in [2.24, 2.45) is 0 Å². The second-order valence-corrected chi connectivity index (χ2v) is 7.92. The molecule has 0 amide bonds. The van der Waals surface area contributed by atoms with E-state index in [0.717, 1.165) is 6.26 Å². The van der Waals surface area contributed by atoms with Crippen LogP contribution in [0.4, 0.5) is 5.69 Å². The first-order valence-corrected chi connectivity index (χ1v) is 10.0. The molecule has 0 spiro atoms. The molecule has 0 aliphatic carbocycles. The minimum Gasteiger partial charge on any atom is -0.508 e. The van der Waals surface area contributed by atoms with E-state index in [1.54, 1.807) is 25.1 Å². The van der Waals surface area contributed by atoms with E-state index in [-0.39, 0.29) is 29.2 Å². The quantitative estimate of drug-likeness (QED) is 0.496. The Hall–Kier alpha value is -3.33. The largest absolute Gasteiger partial charge is 0.508 e. The van der Waals surface area contributed by atoms with Gasteiger partial charge < -0.3 is 14.3 Å². The van der Waals surface area contributed by atoms with Crippen LogP contribution in [0.25, 0.3) is 11.0 Å². The molecule has 0 saturated carbocycles. The number of esters is 1. The van der Waals surface area contributed by atoms with Crippen molar-refractivity contribution in [3.8, 4) is 5.75 Å². The molecular formula is C19H17NO7S. The average Bonchev–Trinajstić information content (AvgIpc) is 2.62. The molecule has 2 N–H and O–H groups in total. The van der Waals surface area contributed by atoms with Crippen molar-refractivity contribution < 1.29 is 27.5 Å². The lowest BCUT2D eigenvalue weighted by molar-refractivity contribution is 0.0475. The third-order valence-electron chi connectivity index (χ3n) is 4.02. The van der Waals surface area contributed by atoms with E-state index in [4.69, 9.17) is 9.15 Å². The van der Waals surface area contributed by atoms with E-state index in [1.165, 1.54) is 24.3 Å². The van der Waals surface area contributed by atoms with Gasteiger partial charge in [0.05, 0.1) is 17.5 Å². The Labute approximate surface area is 160 Å². The summed E-state index contributed by atoms with van der Waals surface area (Å²) in [4.78, 5) is 24.3. The predicted molar refractivity (Wildman–Crippen MR) is 103 cm³/mol. The van der Waals surface area contributed by atoms with Gasteiger partial charge in [-0.2, -0.15) is 0 Å². The summed E-state index contributed by atoms with van der Waals surface area (Å²) in [6.45, 7) is 1.36. The molecule has 1 heterocycles. The molecule has 0 radical (unpaired) electrons. The number of nitrogens with one attached hydrogen (secondary N) is 1. The van der Waals surface area contributed by atoms with Gasteiger partial charge in [0.2, 0.25) is 10.0 Å². The van der Waals surface area contributed by atoms with E-state index >= 15 is 0 Å². The number of rotatable bonds is 5. The van der Waals surface area contributed by atoms with Gasteiger partial charge in [0, 0.05) is 22.6 Å². The Balaban J connectivity index is 1.91. The van der Waals surface area contributed by atoms with Crippen LogP contribution in [0, 0.1) is 6.92 Å². The number of carbonyl (C=O) groups is 1. The molecule has 28 heavy (non-hydrogen) atoms. The van der Waals surface area contributed by atoms with Gasteiger partial charge in [-0.1, -0.05) is 12.1 Å². The summed E-state index contributed by atoms with van der Waals surface area (Å²) < 4.78 is 35.6. The van der Waals surface area contributed by atoms with E-state index < -0.39 is 21.6 Å². The van der Waals surface area contributed by atoms with Crippen LogP contribution in [0.1, 0.15) is 21.5 Å². The van der Waals surface area contributed by atoms with Gasteiger partial charge in [-0.3, -0.25) is 4.72 Å². The number of hydrogen-bond acceptors (Lipinski definition) is 7. The molecule has 9 heteroatoms. The number of aryl methyl sites for hydroxylation is 1. The van der Waals surface area contributed by atoms with Gasteiger partial charge in [0.15, 0.2) is 0 Å². The van der Waals surface area contributed by atoms with Crippen LogP contribution in [-0.4, -0.2) is 25.7 Å². The third kappa shape index (κ3) is 4.15. The molecule has 0 saturated heterocycles. The summed E-state index contributed by atoms with van der Waals surface area (Å²) >= 11 is 0. The fourth-order valence-corrected chi connectivity index (χ4v) is 3.28. The lowest BCUT2D eigenvalue weighted by Crippen LogP contribution is -2.15. The zero-order valence-corrected chi connectivity index (χ0v) is 15.9. The molecule has 0 bridgehead atoms. The highest BCUT2D eigenvalue weighted by Gasteiger charge is 2.17. The number of aromatic hydroxyl groups is 1. The maximum atomic E-state index is 12.5. The van der Waals surface area contributed by atoms with Gasteiger partial charge in [-0.05, 0) is 31.2 Å². The first-order chi connectivity index (χ1) is 13.2. The maximum Gasteiger partial charge on any atom is 0.340 e. The number of para-hydroxylation sites is 1. The van der Waals surface area contributed by atoms with Crippen molar-refractivity contribution in [2.45, 2.75) is 13.5 Å². The topological polar surface area (TPSA) is 123 Å². The maximum absolute atomic E-state index is 12.5. The first kappa shape index (κ1) is 19.4. The van der Waals surface area contributed by atoms with Gasteiger partial charge in [0.25, 0.3) is 0 Å². The molecule has 0 aliphatic rings. The van der Waals surface area contributed by atoms with Crippen LogP contribution >= 0.6 is 0 Å². The summed E-state index contributed by atoms with van der Waals surface area (Å²) in [5, 5.41) is 10.3. The van der Waals surface area contributed by atoms with Crippen molar-refractivity contribution in [1.29, 1.82) is 0 Å². The standard InChI is InChI=1S/C19H17NO7S/c1-11-16(21)8-7-13-12(9-17(22)27-18(11)13)10-26-19(23)14-5-3-4-6-15(14)20-28(2,24)25/h3-9,20-21H,10H2,1-2H3. The lowest BCUT2D eigenvalue weighted by atomic mass is 10.1. The fraction of sp³-hybridized carbons (Fsp3) is 0.158. The molecular weight excluding hydrogens is 386 g/mol. The molecule has 0 aliphatic heterocycles. The molecule has 8 nitrogen and oxygen atoms in total. The second-order valence-electron chi connectivity index (χ2n) is 6.17. The van der Waals surface area contributed by atoms with Crippen LogP contribution in [0.15, 0.2) is 51.7 Å². The summed E-state index contributed by atoms with van der Waals surface area (Å²) in [5.41, 5.74) is 0.480. The Morgan fingerprint density at radius 3 is 2.64 bits per heavy atom. The van der Waals surface area contributed by atoms with Crippen LogP contribution in [0.3, 0.4) is 0 Å². The minimum absolute atomic E-state index is 0.0226. The zero-order chi connectivity index (χ0) is 20.5. The number of benzene rings is 2. The number of fused-ring (bicyclic) bond motifs is 1. The summed E-state index contributed by atoms with van der Waals surface area (Å²) in [7, 11) is -3.58. The molecule has 3 aromatic rings. The highest BCUT2D eigenvalue weighted by atomic mass is 32.2. The zero-order valence-electron chi connectivity index (χ0n) is 15.1. The van der Waals surface area contributed by atoms with Crippen LogP contribution in [0.2, 0.25) is 0 Å². The number of carbonyl (C=O) groups excluding carboxylic acids is 1. The van der Waals surface area contributed by atoms with E-state index in [2.05, 4.69) is 4.72 Å². The highest BCUT2D eigenvalue weighted by molar-refractivity contribution is 7.92. The number of phenolic OH excluding ortho intramolecular Hbond substituents is 1. The first-order valence-electron chi connectivity index (χ1n) is 8.15. The highest BCUT2D eigenvalue weighted by Crippen LogP contribution is 2.28. The lowest BCUT2D eigenvalue weighted by Gasteiger charge is -2.12. The van der Waals surface area contributed by atoms with Gasteiger partial charge in [-0.25, -0.2) is 18.0 Å². The van der Waals surface area contributed by atoms with Crippen molar-refractivity contribution in [3.05, 3.63) is 69.6 Å². The molecule has 0 atom stereocenters. The SMILES string of the molecule is Cc1c(O)ccc2c(COC(=O)c3ccccc3NS(C)(=O)=O)cc(=O)oc12. The summed E-state index contributed by atoms with van der Waals surface area (Å²) in [6, 6.07) is 10.2. The normalized spacial score (nSPS) is 11.4. The van der Waals surface area contributed by atoms with Gasteiger partial charge in [-0.15, -0.1) is 0 Å². The molecule has 1 aromatic heterocycles. The fourth-order valence-electron chi connectivity index (χ4n) is 2.71. The Kier molecular flexibility index (Phi) is 5.10. The van der Waals surface area contributed by atoms with E-state index in [1.807, 2.05) is 0 Å². The molecule has 3 rings (SSSR count). The molecule has 0 fully saturated rings. The Bertz CT molecular complexity index is 1230. The number of phenols is 1. The number of sulfonamides is 1. The van der Waals surface area contributed by atoms with Gasteiger partial charge >= 0.3 is 11.6 Å².